The van der Waals surface area contributed by atoms with Crippen molar-refractivity contribution in [3.8, 4) is 0 Å². The maximum atomic E-state index is 11.7. The van der Waals surface area contributed by atoms with Crippen molar-refractivity contribution < 1.29 is 14.7 Å². The normalized spacial score (nSPS) is 10.2. The van der Waals surface area contributed by atoms with Crippen LogP contribution in [0.2, 0.25) is 0 Å². The van der Waals surface area contributed by atoms with Gasteiger partial charge in [0.15, 0.2) is 0 Å². The molecule has 0 aliphatic rings. The minimum absolute atomic E-state index is 0.0527. The molecule has 3 N–H and O–H groups in total. The number of carboxylic acids is 1. The molecule has 0 radical (unpaired) electrons. The average Bonchev–Trinajstić information content (AvgIpc) is 2.48. The van der Waals surface area contributed by atoms with E-state index in [0.717, 1.165) is 11.1 Å². The number of aromatic nitrogens is 1. The highest BCUT2D eigenvalue weighted by Gasteiger charge is 2.08. The van der Waals surface area contributed by atoms with Crippen LogP contribution in [0.15, 0.2) is 41.3 Å². The Morgan fingerprint density at radius 2 is 1.82 bits per heavy atom. The Labute approximate surface area is 126 Å². The molecule has 0 atom stereocenters. The number of aromatic carboxylic acids is 1. The predicted molar refractivity (Wildman–Crippen MR) is 80.8 cm³/mol. The fraction of sp³-hybridized carbons (Fsp3) is 0.188. The quantitative estimate of drug-likeness (QED) is 0.775. The van der Waals surface area contributed by atoms with Gasteiger partial charge in [0.2, 0.25) is 5.91 Å². The SMILES string of the molecule is CC(=O)NCc1ccc(Cc2cc(C(=O)O)c[nH]c2=O)cc1. The molecule has 1 aromatic carbocycles. The van der Waals surface area contributed by atoms with E-state index in [-0.39, 0.29) is 17.0 Å². The fourth-order valence-corrected chi connectivity index (χ4v) is 2.01. The van der Waals surface area contributed by atoms with E-state index in [9.17, 15) is 14.4 Å². The second-order valence-corrected chi connectivity index (χ2v) is 4.95. The summed E-state index contributed by atoms with van der Waals surface area (Å²) in [5.41, 5.74) is 1.99. The van der Waals surface area contributed by atoms with Gasteiger partial charge in [-0.05, 0) is 17.2 Å². The Balaban J connectivity index is 2.14. The van der Waals surface area contributed by atoms with Gasteiger partial charge in [-0.3, -0.25) is 9.59 Å². The van der Waals surface area contributed by atoms with Crippen molar-refractivity contribution in [1.29, 1.82) is 0 Å². The van der Waals surface area contributed by atoms with Crippen LogP contribution in [0.5, 0.6) is 0 Å². The van der Waals surface area contributed by atoms with Crippen molar-refractivity contribution in [1.82, 2.24) is 10.3 Å². The number of carboxylic acid groups (broad SMARTS) is 1. The van der Waals surface area contributed by atoms with E-state index >= 15 is 0 Å². The lowest BCUT2D eigenvalue weighted by Crippen LogP contribution is -2.18. The number of nitrogens with one attached hydrogen (secondary N) is 2. The molecule has 2 aromatic rings. The zero-order valence-corrected chi connectivity index (χ0v) is 12.1. The van der Waals surface area contributed by atoms with E-state index in [1.807, 2.05) is 24.3 Å². The molecular weight excluding hydrogens is 284 g/mol. The summed E-state index contributed by atoms with van der Waals surface area (Å²) in [5, 5.41) is 11.7. The van der Waals surface area contributed by atoms with E-state index in [2.05, 4.69) is 10.3 Å². The van der Waals surface area contributed by atoms with E-state index < -0.39 is 5.97 Å². The van der Waals surface area contributed by atoms with Gasteiger partial charge in [0.1, 0.15) is 0 Å². The summed E-state index contributed by atoms with van der Waals surface area (Å²) < 4.78 is 0. The molecule has 1 amide bonds. The van der Waals surface area contributed by atoms with Gasteiger partial charge in [0.25, 0.3) is 5.56 Å². The van der Waals surface area contributed by atoms with Crippen LogP contribution in [0.4, 0.5) is 0 Å². The second-order valence-electron chi connectivity index (χ2n) is 4.95. The Kier molecular flexibility index (Phi) is 4.73. The molecule has 2 rings (SSSR count). The molecule has 1 heterocycles. The number of hydrogen-bond acceptors (Lipinski definition) is 3. The van der Waals surface area contributed by atoms with Crippen LogP contribution < -0.4 is 10.9 Å². The van der Waals surface area contributed by atoms with Crippen molar-refractivity contribution in [2.45, 2.75) is 19.9 Å². The first-order valence-electron chi connectivity index (χ1n) is 6.73. The van der Waals surface area contributed by atoms with E-state index in [1.54, 1.807) is 0 Å². The Morgan fingerprint density at radius 3 is 2.41 bits per heavy atom. The number of hydrogen-bond donors (Lipinski definition) is 3. The Morgan fingerprint density at radius 1 is 1.18 bits per heavy atom. The molecule has 6 heteroatoms. The van der Waals surface area contributed by atoms with Crippen LogP contribution in [0.25, 0.3) is 0 Å². The first kappa shape index (κ1) is 15.5. The first-order valence-corrected chi connectivity index (χ1v) is 6.73. The van der Waals surface area contributed by atoms with Crippen molar-refractivity contribution in [2.24, 2.45) is 0 Å². The lowest BCUT2D eigenvalue weighted by Gasteiger charge is -2.05. The molecule has 6 nitrogen and oxygen atoms in total. The number of benzene rings is 1. The molecule has 0 fully saturated rings. The fourth-order valence-electron chi connectivity index (χ4n) is 2.01. The summed E-state index contributed by atoms with van der Waals surface area (Å²) in [7, 11) is 0. The van der Waals surface area contributed by atoms with Crippen molar-refractivity contribution in [3.63, 3.8) is 0 Å². The summed E-state index contributed by atoms with van der Waals surface area (Å²) in [6.45, 7) is 1.90. The summed E-state index contributed by atoms with van der Waals surface area (Å²) in [4.78, 5) is 36.0. The topological polar surface area (TPSA) is 99.3 Å². The van der Waals surface area contributed by atoms with Gasteiger partial charge in [-0.1, -0.05) is 24.3 Å². The highest BCUT2D eigenvalue weighted by atomic mass is 16.4. The van der Waals surface area contributed by atoms with Crippen LogP contribution in [0.3, 0.4) is 0 Å². The number of carbonyl (C=O) groups excluding carboxylic acids is 1. The third-order valence-electron chi connectivity index (χ3n) is 3.19. The summed E-state index contributed by atoms with van der Waals surface area (Å²) in [6.07, 6.45) is 1.53. The van der Waals surface area contributed by atoms with Crippen molar-refractivity contribution in [2.75, 3.05) is 0 Å². The van der Waals surface area contributed by atoms with Gasteiger partial charge < -0.3 is 15.4 Å². The molecule has 0 aliphatic heterocycles. The van der Waals surface area contributed by atoms with E-state index in [4.69, 9.17) is 5.11 Å². The van der Waals surface area contributed by atoms with E-state index in [1.165, 1.54) is 19.2 Å². The standard InChI is InChI=1S/C16H16N2O4/c1-10(19)17-8-12-4-2-11(3-5-12)6-13-7-14(16(21)22)9-18-15(13)20/h2-5,7,9H,6,8H2,1H3,(H,17,19)(H,18,20)(H,21,22). The predicted octanol–water partition coefficient (Wildman–Crippen LogP) is 1.30. The van der Waals surface area contributed by atoms with Gasteiger partial charge in [0.05, 0.1) is 5.56 Å². The highest BCUT2D eigenvalue weighted by molar-refractivity contribution is 5.87. The molecule has 0 bridgehead atoms. The van der Waals surface area contributed by atoms with E-state index in [0.29, 0.717) is 18.5 Å². The molecule has 1 aromatic heterocycles. The number of pyridine rings is 1. The van der Waals surface area contributed by atoms with Gasteiger partial charge >= 0.3 is 5.97 Å². The Bertz CT molecular complexity index is 747. The highest BCUT2D eigenvalue weighted by Crippen LogP contribution is 2.09. The monoisotopic (exact) mass is 300 g/mol. The third-order valence-corrected chi connectivity index (χ3v) is 3.19. The number of H-pyrrole nitrogens is 1. The molecular formula is C16H16N2O4. The molecule has 0 unspecified atom stereocenters. The molecule has 0 saturated carbocycles. The van der Waals surface area contributed by atoms with Crippen molar-refractivity contribution in [3.05, 3.63) is 69.1 Å². The zero-order valence-electron chi connectivity index (χ0n) is 12.1. The summed E-state index contributed by atoms with van der Waals surface area (Å²) >= 11 is 0. The minimum Gasteiger partial charge on any atom is -0.478 e. The maximum absolute atomic E-state index is 11.7. The lowest BCUT2D eigenvalue weighted by molar-refractivity contribution is -0.119. The maximum Gasteiger partial charge on any atom is 0.337 e. The third kappa shape index (κ3) is 4.05. The van der Waals surface area contributed by atoms with Crippen LogP contribution in [0, 0.1) is 0 Å². The largest absolute Gasteiger partial charge is 0.478 e. The van der Waals surface area contributed by atoms with Gasteiger partial charge in [0, 0.05) is 31.6 Å². The van der Waals surface area contributed by atoms with Gasteiger partial charge in [-0.15, -0.1) is 0 Å². The Hall–Kier alpha value is -2.89. The summed E-state index contributed by atoms with van der Waals surface area (Å²) in [6, 6.07) is 8.81. The van der Waals surface area contributed by atoms with Crippen LogP contribution >= 0.6 is 0 Å². The number of amides is 1. The lowest BCUT2D eigenvalue weighted by atomic mass is 10.0. The zero-order chi connectivity index (χ0) is 16.1. The smallest absolute Gasteiger partial charge is 0.337 e. The first-order chi connectivity index (χ1) is 10.5. The van der Waals surface area contributed by atoms with Gasteiger partial charge in [-0.25, -0.2) is 4.79 Å². The number of aromatic amines is 1. The van der Waals surface area contributed by atoms with Crippen LogP contribution in [-0.2, 0) is 17.8 Å². The molecule has 114 valence electrons. The molecule has 22 heavy (non-hydrogen) atoms. The van der Waals surface area contributed by atoms with Crippen LogP contribution in [-0.4, -0.2) is 22.0 Å². The number of carbonyl (C=O) groups is 2. The van der Waals surface area contributed by atoms with Gasteiger partial charge in [-0.2, -0.15) is 0 Å². The molecule has 0 saturated heterocycles. The molecule has 0 spiro atoms. The second kappa shape index (κ2) is 6.71. The average molecular weight is 300 g/mol. The minimum atomic E-state index is -1.08. The number of rotatable bonds is 5. The van der Waals surface area contributed by atoms with Crippen molar-refractivity contribution >= 4 is 11.9 Å². The molecule has 0 aliphatic carbocycles. The summed E-state index contributed by atoms with van der Waals surface area (Å²) in [5.74, 6) is -1.18. The van der Waals surface area contributed by atoms with Crippen LogP contribution in [0.1, 0.15) is 34.0 Å².